The summed E-state index contributed by atoms with van der Waals surface area (Å²) < 4.78 is 5.19. The van der Waals surface area contributed by atoms with Gasteiger partial charge in [-0.1, -0.05) is 25.5 Å². The van der Waals surface area contributed by atoms with Crippen molar-refractivity contribution in [1.82, 2.24) is 10.2 Å². The minimum Gasteiger partial charge on any atom is -0.497 e. The first-order valence-electron chi connectivity index (χ1n) is 7.75. The normalized spacial score (nSPS) is 21.0. The van der Waals surface area contributed by atoms with Crippen molar-refractivity contribution in [1.29, 1.82) is 0 Å². The smallest absolute Gasteiger partial charge is 0.193 e. The van der Waals surface area contributed by atoms with Crippen LogP contribution < -0.4 is 10.1 Å². The Hall–Kier alpha value is -1.71. The molecule has 21 heavy (non-hydrogen) atoms. The predicted octanol–water partition coefficient (Wildman–Crippen LogP) is 2.89. The SMILES string of the molecule is CCCC1CC1NC(=NC)N(C)Cc1ccc(OC)cc1. The van der Waals surface area contributed by atoms with Crippen LogP contribution in [0.3, 0.4) is 0 Å². The third-order valence-corrected chi connectivity index (χ3v) is 4.05. The van der Waals surface area contributed by atoms with Crippen LogP contribution in [0.5, 0.6) is 5.75 Å². The summed E-state index contributed by atoms with van der Waals surface area (Å²) in [6, 6.07) is 8.80. The minimum absolute atomic E-state index is 0.613. The largest absolute Gasteiger partial charge is 0.497 e. The van der Waals surface area contributed by atoms with Crippen LogP contribution in [-0.2, 0) is 6.54 Å². The number of hydrogen-bond donors (Lipinski definition) is 1. The van der Waals surface area contributed by atoms with E-state index in [-0.39, 0.29) is 0 Å². The van der Waals surface area contributed by atoms with E-state index in [4.69, 9.17) is 4.74 Å². The van der Waals surface area contributed by atoms with E-state index >= 15 is 0 Å². The van der Waals surface area contributed by atoms with Gasteiger partial charge in [0.25, 0.3) is 0 Å². The van der Waals surface area contributed by atoms with E-state index in [1.165, 1.54) is 24.8 Å². The molecular formula is C17H27N3O. The zero-order chi connectivity index (χ0) is 15.2. The molecule has 2 rings (SSSR count). The molecule has 0 aliphatic heterocycles. The number of benzene rings is 1. The summed E-state index contributed by atoms with van der Waals surface area (Å²) >= 11 is 0. The average Bonchev–Trinajstić information content (AvgIpc) is 3.23. The van der Waals surface area contributed by atoms with Crippen molar-refractivity contribution < 1.29 is 4.74 Å². The lowest BCUT2D eigenvalue weighted by atomic mass is 10.2. The molecule has 0 heterocycles. The molecule has 0 amide bonds. The number of guanidine groups is 1. The number of rotatable bonds is 6. The van der Waals surface area contributed by atoms with Crippen LogP contribution in [0.25, 0.3) is 0 Å². The summed E-state index contributed by atoms with van der Waals surface area (Å²) in [4.78, 5) is 6.57. The van der Waals surface area contributed by atoms with Crippen LogP contribution in [0.2, 0.25) is 0 Å². The first-order chi connectivity index (χ1) is 10.2. The number of nitrogens with one attached hydrogen (secondary N) is 1. The molecule has 4 nitrogen and oxygen atoms in total. The fraction of sp³-hybridized carbons (Fsp3) is 0.588. The molecule has 2 atom stereocenters. The molecule has 1 aromatic rings. The lowest BCUT2D eigenvalue weighted by molar-refractivity contribution is 0.414. The average molecular weight is 289 g/mol. The molecular weight excluding hydrogens is 262 g/mol. The fourth-order valence-corrected chi connectivity index (χ4v) is 2.71. The number of hydrogen-bond acceptors (Lipinski definition) is 2. The zero-order valence-corrected chi connectivity index (χ0v) is 13.6. The number of nitrogens with zero attached hydrogens (tertiary/aromatic N) is 2. The highest BCUT2D eigenvalue weighted by molar-refractivity contribution is 5.80. The molecule has 4 heteroatoms. The highest BCUT2D eigenvalue weighted by atomic mass is 16.5. The second kappa shape index (κ2) is 7.34. The Morgan fingerprint density at radius 1 is 1.38 bits per heavy atom. The predicted molar refractivity (Wildman–Crippen MR) is 87.8 cm³/mol. The van der Waals surface area contributed by atoms with E-state index in [9.17, 15) is 0 Å². The number of methoxy groups -OCH3 is 1. The molecule has 0 aromatic heterocycles. The summed E-state index contributed by atoms with van der Waals surface area (Å²) in [5.74, 6) is 2.71. The van der Waals surface area contributed by atoms with E-state index < -0.39 is 0 Å². The van der Waals surface area contributed by atoms with Gasteiger partial charge in [0.15, 0.2) is 5.96 Å². The number of ether oxygens (including phenoxy) is 1. The molecule has 1 aliphatic rings. The van der Waals surface area contributed by atoms with E-state index in [0.29, 0.717) is 6.04 Å². The molecule has 116 valence electrons. The molecule has 2 unspecified atom stereocenters. The Kier molecular flexibility index (Phi) is 5.48. The maximum Gasteiger partial charge on any atom is 0.193 e. The van der Waals surface area contributed by atoms with Crippen LogP contribution >= 0.6 is 0 Å². The summed E-state index contributed by atoms with van der Waals surface area (Å²) in [5, 5.41) is 3.57. The lowest BCUT2D eigenvalue weighted by Gasteiger charge is -2.22. The molecule has 1 fully saturated rings. The Bertz CT molecular complexity index is 469. The van der Waals surface area contributed by atoms with Crippen molar-refractivity contribution in [2.45, 2.75) is 38.8 Å². The van der Waals surface area contributed by atoms with Gasteiger partial charge in [0.1, 0.15) is 5.75 Å². The van der Waals surface area contributed by atoms with Gasteiger partial charge in [-0.25, -0.2) is 0 Å². The summed E-state index contributed by atoms with van der Waals surface area (Å²) in [6.45, 7) is 3.09. The fourth-order valence-electron chi connectivity index (χ4n) is 2.71. The van der Waals surface area contributed by atoms with E-state index in [1.807, 2.05) is 19.2 Å². The van der Waals surface area contributed by atoms with Crippen molar-refractivity contribution in [3.05, 3.63) is 29.8 Å². The van der Waals surface area contributed by atoms with E-state index in [2.05, 4.69) is 41.3 Å². The summed E-state index contributed by atoms with van der Waals surface area (Å²) in [5.41, 5.74) is 1.25. The highest BCUT2D eigenvalue weighted by Gasteiger charge is 2.36. The highest BCUT2D eigenvalue weighted by Crippen LogP contribution is 2.34. The monoisotopic (exact) mass is 289 g/mol. The van der Waals surface area contributed by atoms with Crippen molar-refractivity contribution >= 4 is 5.96 Å². The van der Waals surface area contributed by atoms with Crippen LogP contribution in [0.15, 0.2) is 29.3 Å². The van der Waals surface area contributed by atoms with Crippen molar-refractivity contribution in [2.75, 3.05) is 21.2 Å². The molecule has 1 N–H and O–H groups in total. The van der Waals surface area contributed by atoms with Crippen LogP contribution in [-0.4, -0.2) is 38.1 Å². The summed E-state index contributed by atoms with van der Waals surface area (Å²) in [7, 11) is 5.62. The standard InChI is InChI=1S/C17H27N3O/c1-5-6-14-11-16(14)19-17(18-2)20(3)12-13-7-9-15(21-4)10-8-13/h7-10,14,16H,5-6,11-12H2,1-4H3,(H,18,19). The molecule has 0 saturated heterocycles. The molecule has 0 spiro atoms. The van der Waals surface area contributed by atoms with Gasteiger partial charge in [-0.3, -0.25) is 4.99 Å². The molecule has 1 aromatic carbocycles. The van der Waals surface area contributed by atoms with Gasteiger partial charge in [-0.15, -0.1) is 0 Å². The van der Waals surface area contributed by atoms with Crippen LogP contribution in [0.4, 0.5) is 0 Å². The zero-order valence-electron chi connectivity index (χ0n) is 13.6. The van der Waals surface area contributed by atoms with Crippen molar-refractivity contribution in [3.63, 3.8) is 0 Å². The second-order valence-electron chi connectivity index (χ2n) is 5.79. The molecule has 1 saturated carbocycles. The van der Waals surface area contributed by atoms with E-state index in [0.717, 1.165) is 24.2 Å². The molecule has 1 aliphatic carbocycles. The molecule has 0 bridgehead atoms. The Morgan fingerprint density at radius 2 is 2.10 bits per heavy atom. The van der Waals surface area contributed by atoms with Gasteiger partial charge >= 0.3 is 0 Å². The Labute approximate surface area is 128 Å². The maximum absolute atomic E-state index is 5.19. The number of aliphatic imine (C=N–C) groups is 1. The van der Waals surface area contributed by atoms with Gasteiger partial charge in [0.2, 0.25) is 0 Å². The third-order valence-electron chi connectivity index (χ3n) is 4.05. The third kappa shape index (κ3) is 4.38. The lowest BCUT2D eigenvalue weighted by Crippen LogP contribution is -2.40. The van der Waals surface area contributed by atoms with Gasteiger partial charge in [-0.05, 0) is 36.5 Å². The second-order valence-corrected chi connectivity index (χ2v) is 5.79. The van der Waals surface area contributed by atoms with Crippen molar-refractivity contribution in [3.8, 4) is 5.75 Å². The van der Waals surface area contributed by atoms with Gasteiger partial charge in [0.05, 0.1) is 7.11 Å². The Morgan fingerprint density at radius 3 is 2.67 bits per heavy atom. The van der Waals surface area contributed by atoms with Crippen molar-refractivity contribution in [2.24, 2.45) is 10.9 Å². The summed E-state index contributed by atoms with van der Waals surface area (Å²) in [6.07, 6.45) is 3.86. The van der Waals surface area contributed by atoms with Gasteiger partial charge in [0, 0.05) is 26.7 Å². The van der Waals surface area contributed by atoms with Gasteiger partial charge < -0.3 is 15.0 Å². The first-order valence-corrected chi connectivity index (χ1v) is 7.75. The maximum atomic E-state index is 5.19. The topological polar surface area (TPSA) is 36.9 Å². The van der Waals surface area contributed by atoms with Gasteiger partial charge in [-0.2, -0.15) is 0 Å². The van der Waals surface area contributed by atoms with Crippen LogP contribution in [0, 0.1) is 5.92 Å². The molecule has 0 radical (unpaired) electrons. The quantitative estimate of drug-likeness (QED) is 0.646. The minimum atomic E-state index is 0.613. The van der Waals surface area contributed by atoms with Crippen LogP contribution in [0.1, 0.15) is 31.7 Å². The van der Waals surface area contributed by atoms with E-state index in [1.54, 1.807) is 7.11 Å². The Balaban J connectivity index is 1.86. The first kappa shape index (κ1) is 15.7.